The van der Waals surface area contributed by atoms with Gasteiger partial charge in [-0.15, -0.1) is 0 Å². The largest absolute Gasteiger partial charge is 0.454 e. The number of hydrogen-bond acceptors (Lipinski definition) is 5. The lowest BCUT2D eigenvalue weighted by molar-refractivity contribution is 0.102. The zero-order valence-electron chi connectivity index (χ0n) is 14.4. The highest BCUT2D eigenvalue weighted by atomic mass is 35.5. The van der Waals surface area contributed by atoms with Gasteiger partial charge in [0.25, 0.3) is 11.8 Å². The first kappa shape index (κ1) is 17.8. The Balaban J connectivity index is 1.49. The smallest absolute Gasteiger partial charge is 0.274 e. The van der Waals surface area contributed by atoms with Crippen LogP contribution in [0.5, 0.6) is 11.5 Å². The molecular formula is C20H14ClN3O4. The van der Waals surface area contributed by atoms with Gasteiger partial charge in [-0.2, -0.15) is 0 Å². The third kappa shape index (κ3) is 3.74. The van der Waals surface area contributed by atoms with Crippen molar-refractivity contribution >= 4 is 34.8 Å². The number of pyridine rings is 1. The maximum Gasteiger partial charge on any atom is 0.274 e. The minimum Gasteiger partial charge on any atom is -0.454 e. The number of nitrogens with one attached hydrogen (secondary N) is 2. The van der Waals surface area contributed by atoms with Crippen molar-refractivity contribution in [2.24, 2.45) is 0 Å². The number of anilines is 2. The molecule has 7 nitrogen and oxygen atoms in total. The summed E-state index contributed by atoms with van der Waals surface area (Å²) in [4.78, 5) is 29.0. The molecule has 1 aromatic heterocycles. The second kappa shape index (κ2) is 7.58. The highest BCUT2D eigenvalue weighted by Gasteiger charge is 2.16. The van der Waals surface area contributed by atoms with Gasteiger partial charge in [0, 0.05) is 23.5 Å². The average molecular weight is 396 g/mol. The van der Waals surface area contributed by atoms with Crippen LogP contribution < -0.4 is 20.1 Å². The number of hydrogen-bond donors (Lipinski definition) is 2. The number of para-hydroxylation sites is 1. The van der Waals surface area contributed by atoms with Gasteiger partial charge in [0.2, 0.25) is 6.79 Å². The van der Waals surface area contributed by atoms with E-state index >= 15 is 0 Å². The van der Waals surface area contributed by atoms with Gasteiger partial charge < -0.3 is 20.1 Å². The topological polar surface area (TPSA) is 89.6 Å². The van der Waals surface area contributed by atoms with E-state index in [-0.39, 0.29) is 24.0 Å². The minimum atomic E-state index is -0.467. The molecule has 0 saturated carbocycles. The highest BCUT2D eigenvalue weighted by molar-refractivity contribution is 6.33. The first-order valence-electron chi connectivity index (χ1n) is 8.33. The number of aromatic nitrogens is 1. The van der Waals surface area contributed by atoms with Crippen molar-refractivity contribution in [3.05, 3.63) is 77.1 Å². The molecule has 0 atom stereocenters. The van der Waals surface area contributed by atoms with Crippen LogP contribution in [0.2, 0.25) is 5.02 Å². The second-order valence-corrected chi connectivity index (χ2v) is 6.29. The van der Waals surface area contributed by atoms with Gasteiger partial charge in [-0.25, -0.2) is 0 Å². The zero-order chi connectivity index (χ0) is 19.5. The number of amides is 2. The minimum absolute atomic E-state index is 0.0956. The van der Waals surface area contributed by atoms with E-state index in [2.05, 4.69) is 15.6 Å². The number of carbonyl (C=O) groups is 2. The molecule has 0 fully saturated rings. The third-order valence-corrected chi connectivity index (χ3v) is 4.34. The summed E-state index contributed by atoms with van der Waals surface area (Å²) in [6.07, 6.45) is 1.40. The van der Waals surface area contributed by atoms with Crippen LogP contribution in [-0.4, -0.2) is 23.6 Å². The van der Waals surface area contributed by atoms with Crippen molar-refractivity contribution in [2.75, 3.05) is 17.4 Å². The molecule has 2 N–H and O–H groups in total. The molecule has 0 bridgehead atoms. The van der Waals surface area contributed by atoms with E-state index in [1.54, 1.807) is 42.5 Å². The van der Waals surface area contributed by atoms with Crippen molar-refractivity contribution in [1.29, 1.82) is 0 Å². The maximum atomic E-state index is 12.5. The monoisotopic (exact) mass is 395 g/mol. The van der Waals surface area contributed by atoms with Gasteiger partial charge >= 0.3 is 0 Å². The number of ether oxygens (including phenoxy) is 2. The van der Waals surface area contributed by atoms with E-state index in [4.69, 9.17) is 21.1 Å². The lowest BCUT2D eigenvalue weighted by Crippen LogP contribution is -2.17. The molecule has 4 rings (SSSR count). The van der Waals surface area contributed by atoms with E-state index in [1.807, 2.05) is 0 Å². The lowest BCUT2D eigenvalue weighted by atomic mass is 10.2. The summed E-state index contributed by atoms with van der Waals surface area (Å²) < 4.78 is 10.5. The highest BCUT2D eigenvalue weighted by Crippen LogP contribution is 2.34. The van der Waals surface area contributed by atoms with Gasteiger partial charge in [0.05, 0.1) is 10.7 Å². The fourth-order valence-corrected chi connectivity index (χ4v) is 2.81. The Morgan fingerprint density at radius 3 is 2.61 bits per heavy atom. The van der Waals surface area contributed by atoms with Gasteiger partial charge in [-0.3, -0.25) is 14.6 Å². The quantitative estimate of drug-likeness (QED) is 0.697. The summed E-state index contributed by atoms with van der Waals surface area (Å²) in [6.45, 7) is 0.154. The lowest BCUT2D eigenvalue weighted by Gasteiger charge is -2.09. The molecule has 1 aliphatic rings. The Kier molecular flexibility index (Phi) is 4.82. The number of halogens is 1. The molecular weight excluding hydrogens is 382 g/mol. The average Bonchev–Trinajstić information content (AvgIpc) is 3.17. The molecule has 0 radical (unpaired) electrons. The normalized spacial score (nSPS) is 11.8. The van der Waals surface area contributed by atoms with Crippen LogP contribution in [0.1, 0.15) is 20.8 Å². The molecule has 0 saturated heterocycles. The molecule has 0 unspecified atom stereocenters. The molecule has 2 aromatic carbocycles. The van der Waals surface area contributed by atoms with E-state index in [0.717, 1.165) is 0 Å². The summed E-state index contributed by atoms with van der Waals surface area (Å²) in [5.41, 5.74) is 1.40. The Morgan fingerprint density at radius 1 is 0.929 bits per heavy atom. The van der Waals surface area contributed by atoms with Crippen molar-refractivity contribution in [2.45, 2.75) is 0 Å². The molecule has 3 aromatic rings. The van der Waals surface area contributed by atoms with Crippen molar-refractivity contribution < 1.29 is 19.1 Å². The van der Waals surface area contributed by atoms with Gasteiger partial charge in [-0.05, 0) is 36.4 Å². The number of carbonyl (C=O) groups excluding carboxylic acids is 2. The first-order valence-corrected chi connectivity index (χ1v) is 8.71. The Morgan fingerprint density at radius 2 is 1.75 bits per heavy atom. The number of nitrogens with zero attached hydrogens (tertiary/aromatic N) is 1. The van der Waals surface area contributed by atoms with E-state index < -0.39 is 5.91 Å². The standard InChI is InChI=1S/C20H14ClN3O4/c21-14-3-1-2-4-15(14)24-20(26)16-9-12(7-8-22-16)19(25)23-13-5-6-17-18(10-13)28-11-27-17/h1-10H,11H2,(H,23,25)(H,24,26). The first-order chi connectivity index (χ1) is 13.6. The van der Waals surface area contributed by atoms with Crippen LogP contribution in [0, 0.1) is 0 Å². The van der Waals surface area contributed by atoms with Gasteiger partial charge in [-0.1, -0.05) is 23.7 Å². The summed E-state index contributed by atoms with van der Waals surface area (Å²) >= 11 is 6.05. The number of benzene rings is 2. The Bertz CT molecular complexity index is 1070. The predicted molar refractivity (Wildman–Crippen MR) is 104 cm³/mol. The van der Waals surface area contributed by atoms with E-state index in [0.29, 0.717) is 27.9 Å². The number of rotatable bonds is 4. The molecule has 8 heteroatoms. The molecule has 2 amide bonds. The Labute approximate surface area is 165 Å². The fourth-order valence-electron chi connectivity index (χ4n) is 2.62. The zero-order valence-corrected chi connectivity index (χ0v) is 15.2. The van der Waals surface area contributed by atoms with Crippen LogP contribution in [-0.2, 0) is 0 Å². The summed E-state index contributed by atoms with van der Waals surface area (Å²) in [7, 11) is 0. The van der Waals surface area contributed by atoms with Crippen LogP contribution in [0.25, 0.3) is 0 Å². The van der Waals surface area contributed by atoms with Crippen LogP contribution in [0.4, 0.5) is 11.4 Å². The molecule has 28 heavy (non-hydrogen) atoms. The SMILES string of the molecule is O=C(Nc1ccc2c(c1)OCO2)c1ccnc(C(=O)Nc2ccccc2Cl)c1. The Hall–Kier alpha value is -3.58. The molecule has 140 valence electrons. The fraction of sp³-hybridized carbons (Fsp3) is 0.0500. The van der Waals surface area contributed by atoms with Crippen molar-refractivity contribution in [1.82, 2.24) is 4.98 Å². The molecule has 1 aliphatic heterocycles. The van der Waals surface area contributed by atoms with Gasteiger partial charge in [0.15, 0.2) is 11.5 Å². The van der Waals surface area contributed by atoms with Crippen molar-refractivity contribution in [3.8, 4) is 11.5 Å². The predicted octanol–water partition coefficient (Wildman–Crippen LogP) is 3.97. The summed E-state index contributed by atoms with van der Waals surface area (Å²) in [6, 6.07) is 14.9. The summed E-state index contributed by atoms with van der Waals surface area (Å²) in [5, 5.41) is 5.84. The summed E-state index contributed by atoms with van der Waals surface area (Å²) in [5.74, 6) is 0.340. The third-order valence-electron chi connectivity index (χ3n) is 4.01. The maximum absolute atomic E-state index is 12.5. The molecule has 0 spiro atoms. The van der Waals surface area contributed by atoms with Crippen molar-refractivity contribution in [3.63, 3.8) is 0 Å². The van der Waals surface area contributed by atoms with E-state index in [1.165, 1.54) is 18.3 Å². The number of fused-ring (bicyclic) bond motifs is 1. The van der Waals surface area contributed by atoms with Crippen LogP contribution >= 0.6 is 11.6 Å². The van der Waals surface area contributed by atoms with Crippen LogP contribution in [0.3, 0.4) is 0 Å². The van der Waals surface area contributed by atoms with Gasteiger partial charge in [0.1, 0.15) is 5.69 Å². The van der Waals surface area contributed by atoms with Crippen LogP contribution in [0.15, 0.2) is 60.8 Å². The molecule has 2 heterocycles. The molecule has 0 aliphatic carbocycles. The second-order valence-electron chi connectivity index (χ2n) is 5.89. The van der Waals surface area contributed by atoms with E-state index in [9.17, 15) is 9.59 Å².